The Bertz CT molecular complexity index is 608. The van der Waals surface area contributed by atoms with Crippen molar-refractivity contribution in [3.63, 3.8) is 0 Å². The summed E-state index contributed by atoms with van der Waals surface area (Å²) in [6.45, 7) is 5.69. The molecule has 0 spiro atoms. The molecule has 5 nitrogen and oxygen atoms in total. The van der Waals surface area contributed by atoms with Gasteiger partial charge in [-0.2, -0.15) is 0 Å². The number of hydrogen-bond donors (Lipinski definition) is 2. The largest absolute Gasteiger partial charge is 0.352 e. The SMILES string of the molecule is CC(CC(=O)NCc1ccc(N2CCCCC2=O)cc1)C1CCNCC1. The summed E-state index contributed by atoms with van der Waals surface area (Å²) in [5.74, 6) is 1.43. The Hall–Kier alpha value is -1.88. The van der Waals surface area contributed by atoms with Crippen LogP contribution < -0.4 is 15.5 Å². The average molecular weight is 357 g/mol. The zero-order valence-electron chi connectivity index (χ0n) is 15.8. The number of benzene rings is 1. The molecular weight excluding hydrogens is 326 g/mol. The van der Waals surface area contributed by atoms with E-state index in [-0.39, 0.29) is 11.8 Å². The molecular formula is C21H31N3O2. The Morgan fingerprint density at radius 3 is 2.65 bits per heavy atom. The van der Waals surface area contributed by atoms with E-state index >= 15 is 0 Å². The van der Waals surface area contributed by atoms with Crippen LogP contribution in [0.4, 0.5) is 5.69 Å². The van der Waals surface area contributed by atoms with Gasteiger partial charge in [0.2, 0.25) is 11.8 Å². The second kappa shape index (κ2) is 9.17. The number of carbonyl (C=O) groups excluding carboxylic acids is 2. The highest BCUT2D eigenvalue weighted by Crippen LogP contribution is 2.24. The molecule has 1 unspecified atom stereocenters. The lowest BCUT2D eigenvalue weighted by Crippen LogP contribution is -2.35. The monoisotopic (exact) mass is 357 g/mol. The van der Waals surface area contributed by atoms with Crippen molar-refractivity contribution >= 4 is 17.5 Å². The fourth-order valence-corrected chi connectivity index (χ4v) is 4.02. The van der Waals surface area contributed by atoms with Gasteiger partial charge in [-0.05, 0) is 68.3 Å². The third-order valence-corrected chi connectivity index (χ3v) is 5.76. The summed E-state index contributed by atoms with van der Waals surface area (Å²) >= 11 is 0. The van der Waals surface area contributed by atoms with Crippen LogP contribution in [0, 0.1) is 11.8 Å². The van der Waals surface area contributed by atoms with Gasteiger partial charge >= 0.3 is 0 Å². The first-order valence-corrected chi connectivity index (χ1v) is 10.00. The van der Waals surface area contributed by atoms with Crippen molar-refractivity contribution in [2.45, 2.75) is 52.0 Å². The number of hydrogen-bond acceptors (Lipinski definition) is 3. The summed E-state index contributed by atoms with van der Waals surface area (Å²) in [6, 6.07) is 7.99. The average Bonchev–Trinajstić information content (AvgIpc) is 2.68. The minimum atomic E-state index is 0.131. The number of nitrogens with zero attached hydrogens (tertiary/aromatic N) is 1. The van der Waals surface area contributed by atoms with E-state index in [1.54, 1.807) is 0 Å². The molecule has 26 heavy (non-hydrogen) atoms. The van der Waals surface area contributed by atoms with Gasteiger partial charge in [0.1, 0.15) is 0 Å². The third kappa shape index (κ3) is 5.07. The fraction of sp³-hybridized carbons (Fsp3) is 0.619. The molecule has 2 N–H and O–H groups in total. The molecule has 1 atom stereocenters. The molecule has 142 valence electrons. The second-order valence-electron chi connectivity index (χ2n) is 7.71. The fourth-order valence-electron chi connectivity index (χ4n) is 4.02. The Morgan fingerprint density at radius 1 is 1.23 bits per heavy atom. The van der Waals surface area contributed by atoms with Crippen molar-refractivity contribution in [1.82, 2.24) is 10.6 Å². The quantitative estimate of drug-likeness (QED) is 0.823. The standard InChI is InChI=1S/C21H31N3O2/c1-16(18-9-11-22-12-10-18)14-20(25)23-15-17-5-7-19(8-6-17)24-13-3-2-4-21(24)26/h5-8,16,18,22H,2-4,9-15H2,1H3,(H,23,25). The molecule has 2 amide bonds. The minimum Gasteiger partial charge on any atom is -0.352 e. The van der Waals surface area contributed by atoms with E-state index in [9.17, 15) is 9.59 Å². The molecule has 1 aromatic carbocycles. The summed E-state index contributed by atoms with van der Waals surface area (Å²) in [5.41, 5.74) is 2.03. The van der Waals surface area contributed by atoms with Crippen molar-refractivity contribution in [3.8, 4) is 0 Å². The summed E-state index contributed by atoms with van der Waals surface area (Å²) in [6.07, 6.45) is 5.66. The summed E-state index contributed by atoms with van der Waals surface area (Å²) < 4.78 is 0. The maximum Gasteiger partial charge on any atom is 0.226 e. The van der Waals surface area contributed by atoms with Gasteiger partial charge in [-0.3, -0.25) is 9.59 Å². The summed E-state index contributed by atoms with van der Waals surface area (Å²) in [5, 5.41) is 6.42. The normalized spacial score (nSPS) is 20.0. The van der Waals surface area contributed by atoms with Gasteiger partial charge in [-0.15, -0.1) is 0 Å². The molecule has 0 radical (unpaired) electrons. The highest BCUT2D eigenvalue weighted by Gasteiger charge is 2.22. The molecule has 3 rings (SSSR count). The van der Waals surface area contributed by atoms with E-state index in [0.717, 1.165) is 43.7 Å². The van der Waals surface area contributed by atoms with Crippen LogP contribution in [-0.2, 0) is 16.1 Å². The van der Waals surface area contributed by atoms with E-state index in [0.29, 0.717) is 31.2 Å². The van der Waals surface area contributed by atoms with E-state index < -0.39 is 0 Å². The molecule has 2 saturated heterocycles. The van der Waals surface area contributed by atoms with Crippen molar-refractivity contribution in [1.29, 1.82) is 0 Å². The van der Waals surface area contributed by atoms with E-state index in [2.05, 4.69) is 17.6 Å². The van der Waals surface area contributed by atoms with Gasteiger partial charge in [0.25, 0.3) is 0 Å². The first-order chi connectivity index (χ1) is 12.6. The number of rotatable bonds is 6. The summed E-state index contributed by atoms with van der Waals surface area (Å²) in [7, 11) is 0. The molecule has 1 aromatic rings. The predicted molar refractivity (Wildman–Crippen MR) is 104 cm³/mol. The van der Waals surface area contributed by atoms with Crippen LogP contribution in [-0.4, -0.2) is 31.4 Å². The molecule has 2 fully saturated rings. The lowest BCUT2D eigenvalue weighted by Gasteiger charge is -2.28. The molecule has 2 aliphatic heterocycles. The lowest BCUT2D eigenvalue weighted by atomic mass is 9.84. The van der Waals surface area contributed by atoms with Gasteiger partial charge in [-0.25, -0.2) is 0 Å². The number of piperidine rings is 2. The minimum absolute atomic E-state index is 0.131. The van der Waals surface area contributed by atoms with Gasteiger partial charge < -0.3 is 15.5 Å². The van der Waals surface area contributed by atoms with Crippen molar-refractivity contribution in [2.75, 3.05) is 24.5 Å². The van der Waals surface area contributed by atoms with Crippen molar-refractivity contribution in [3.05, 3.63) is 29.8 Å². The van der Waals surface area contributed by atoms with E-state index in [1.165, 1.54) is 12.8 Å². The van der Waals surface area contributed by atoms with Crippen LogP contribution in [0.2, 0.25) is 0 Å². The number of anilines is 1. The maximum atomic E-state index is 12.2. The third-order valence-electron chi connectivity index (χ3n) is 5.76. The van der Waals surface area contributed by atoms with Gasteiger partial charge in [0.05, 0.1) is 0 Å². The number of amides is 2. The lowest BCUT2D eigenvalue weighted by molar-refractivity contribution is -0.122. The first kappa shape index (κ1) is 18.9. The highest BCUT2D eigenvalue weighted by atomic mass is 16.2. The molecule has 0 aromatic heterocycles. The zero-order valence-corrected chi connectivity index (χ0v) is 15.8. The topological polar surface area (TPSA) is 61.4 Å². The van der Waals surface area contributed by atoms with Crippen LogP contribution in [0.15, 0.2) is 24.3 Å². The van der Waals surface area contributed by atoms with Crippen LogP contribution in [0.25, 0.3) is 0 Å². The molecule has 0 bridgehead atoms. The Labute approximate surface area is 156 Å². The van der Waals surface area contributed by atoms with E-state index in [1.807, 2.05) is 29.2 Å². The van der Waals surface area contributed by atoms with Crippen LogP contribution in [0.1, 0.15) is 51.0 Å². The molecule has 5 heteroatoms. The van der Waals surface area contributed by atoms with Crippen LogP contribution in [0.3, 0.4) is 0 Å². The molecule has 2 heterocycles. The Kier molecular flexibility index (Phi) is 6.67. The summed E-state index contributed by atoms with van der Waals surface area (Å²) in [4.78, 5) is 26.1. The van der Waals surface area contributed by atoms with Crippen LogP contribution in [0.5, 0.6) is 0 Å². The smallest absolute Gasteiger partial charge is 0.226 e. The molecule has 0 aliphatic carbocycles. The van der Waals surface area contributed by atoms with Crippen LogP contribution >= 0.6 is 0 Å². The maximum absolute atomic E-state index is 12.2. The van der Waals surface area contributed by atoms with E-state index in [4.69, 9.17) is 0 Å². The van der Waals surface area contributed by atoms with Crippen molar-refractivity contribution in [2.24, 2.45) is 11.8 Å². The number of carbonyl (C=O) groups is 2. The van der Waals surface area contributed by atoms with Gasteiger partial charge in [-0.1, -0.05) is 19.1 Å². The number of nitrogens with one attached hydrogen (secondary N) is 2. The predicted octanol–water partition coefficient (Wildman–Crippen LogP) is 2.85. The van der Waals surface area contributed by atoms with Gasteiger partial charge in [0.15, 0.2) is 0 Å². The Morgan fingerprint density at radius 2 is 1.96 bits per heavy atom. The van der Waals surface area contributed by atoms with Gasteiger partial charge in [0, 0.05) is 31.6 Å². The second-order valence-corrected chi connectivity index (χ2v) is 7.71. The zero-order chi connectivity index (χ0) is 18.4. The molecule has 2 aliphatic rings. The van der Waals surface area contributed by atoms with Crippen molar-refractivity contribution < 1.29 is 9.59 Å². The Balaban J connectivity index is 1.45. The molecule has 0 saturated carbocycles. The highest BCUT2D eigenvalue weighted by molar-refractivity contribution is 5.93. The first-order valence-electron chi connectivity index (χ1n) is 10.00.